The van der Waals surface area contributed by atoms with Gasteiger partial charge in [-0.15, -0.1) is 0 Å². The van der Waals surface area contributed by atoms with Crippen LogP contribution in [0.1, 0.15) is 32.1 Å². The summed E-state index contributed by atoms with van der Waals surface area (Å²) >= 11 is 0. The van der Waals surface area contributed by atoms with E-state index in [1.165, 1.54) is 6.42 Å². The van der Waals surface area contributed by atoms with Crippen LogP contribution in [0.15, 0.2) is 35.3 Å². The molecule has 1 heterocycles. The monoisotopic (exact) mass is 299 g/mol. The van der Waals surface area contributed by atoms with E-state index in [2.05, 4.69) is 10.3 Å². The van der Waals surface area contributed by atoms with Gasteiger partial charge in [0, 0.05) is 22.7 Å². The summed E-state index contributed by atoms with van der Waals surface area (Å²) in [4.78, 5) is 26.9. The first kappa shape index (κ1) is 14.8. The molecule has 1 atom stereocenters. The third kappa shape index (κ3) is 2.90. The molecule has 1 aliphatic rings. The summed E-state index contributed by atoms with van der Waals surface area (Å²) in [5.41, 5.74) is 6.61. The summed E-state index contributed by atoms with van der Waals surface area (Å²) in [6, 6.07) is 6.60. The van der Waals surface area contributed by atoms with Crippen molar-refractivity contribution in [1.82, 2.24) is 4.98 Å². The number of aromatic amines is 1. The molecule has 5 nitrogen and oxygen atoms in total. The zero-order chi connectivity index (χ0) is 15.5. The Balaban J connectivity index is 1.82. The average molecular weight is 299 g/mol. The van der Waals surface area contributed by atoms with E-state index >= 15 is 0 Å². The van der Waals surface area contributed by atoms with Crippen molar-refractivity contribution in [3.05, 3.63) is 40.8 Å². The van der Waals surface area contributed by atoms with E-state index in [0.29, 0.717) is 11.1 Å². The molecule has 3 rings (SSSR count). The van der Waals surface area contributed by atoms with E-state index in [1.807, 2.05) is 0 Å². The van der Waals surface area contributed by atoms with Crippen molar-refractivity contribution in [3.63, 3.8) is 0 Å². The molecule has 0 bridgehead atoms. The van der Waals surface area contributed by atoms with Crippen LogP contribution >= 0.6 is 0 Å². The van der Waals surface area contributed by atoms with Crippen LogP contribution in [0.25, 0.3) is 10.8 Å². The molecule has 0 aliphatic heterocycles. The van der Waals surface area contributed by atoms with Crippen LogP contribution in [0, 0.1) is 5.92 Å². The number of amides is 1. The number of nitrogens with two attached hydrogens (primary N) is 1. The Morgan fingerprint density at radius 1 is 1.18 bits per heavy atom. The normalized spacial score (nSPS) is 17.3. The molecule has 0 unspecified atom stereocenters. The van der Waals surface area contributed by atoms with Crippen LogP contribution in [0.4, 0.5) is 5.69 Å². The Kier molecular flexibility index (Phi) is 4.24. The van der Waals surface area contributed by atoms with Gasteiger partial charge in [-0.1, -0.05) is 25.3 Å². The number of pyridine rings is 1. The van der Waals surface area contributed by atoms with Crippen molar-refractivity contribution in [3.8, 4) is 0 Å². The largest absolute Gasteiger partial charge is 0.329 e. The Bertz CT molecular complexity index is 732. The molecule has 2 aromatic rings. The lowest BCUT2D eigenvalue weighted by Gasteiger charge is -2.26. The highest BCUT2D eigenvalue weighted by Gasteiger charge is 2.26. The first-order valence-electron chi connectivity index (χ1n) is 7.83. The number of hydrogen-bond donors (Lipinski definition) is 3. The van der Waals surface area contributed by atoms with Crippen molar-refractivity contribution >= 4 is 22.4 Å². The number of carbonyl (C=O) groups is 1. The zero-order valence-corrected chi connectivity index (χ0v) is 12.5. The number of carbonyl (C=O) groups excluding carboxylic acids is 1. The minimum atomic E-state index is -0.488. The van der Waals surface area contributed by atoms with Gasteiger partial charge in [0.15, 0.2) is 0 Å². The van der Waals surface area contributed by atoms with Crippen molar-refractivity contribution in [2.45, 2.75) is 38.1 Å². The molecule has 4 N–H and O–H groups in total. The number of anilines is 1. The molecule has 1 aromatic carbocycles. The van der Waals surface area contributed by atoms with E-state index in [9.17, 15) is 9.59 Å². The Morgan fingerprint density at radius 3 is 2.73 bits per heavy atom. The fourth-order valence-electron chi connectivity index (χ4n) is 3.25. The summed E-state index contributed by atoms with van der Waals surface area (Å²) in [6.07, 6.45) is 7.15. The predicted molar refractivity (Wildman–Crippen MR) is 87.7 cm³/mol. The van der Waals surface area contributed by atoms with Gasteiger partial charge in [-0.05, 0) is 37.0 Å². The number of fused-ring (bicyclic) bond motifs is 1. The molecule has 1 fully saturated rings. The van der Waals surface area contributed by atoms with Crippen molar-refractivity contribution in [1.29, 1.82) is 0 Å². The van der Waals surface area contributed by atoms with Crippen LogP contribution in [-0.2, 0) is 4.79 Å². The summed E-state index contributed by atoms with van der Waals surface area (Å²) in [7, 11) is 0. The van der Waals surface area contributed by atoms with Gasteiger partial charge in [-0.2, -0.15) is 0 Å². The van der Waals surface area contributed by atoms with E-state index in [1.54, 1.807) is 30.5 Å². The smallest absolute Gasteiger partial charge is 0.255 e. The Labute approximate surface area is 128 Å². The third-order valence-corrected chi connectivity index (χ3v) is 4.53. The van der Waals surface area contributed by atoms with Crippen molar-refractivity contribution < 1.29 is 4.79 Å². The number of aromatic nitrogens is 1. The first-order valence-corrected chi connectivity index (χ1v) is 7.83. The number of nitrogens with one attached hydrogen (secondary N) is 2. The van der Waals surface area contributed by atoms with Crippen LogP contribution in [0.2, 0.25) is 0 Å². The molecular weight excluding hydrogens is 278 g/mol. The average Bonchev–Trinajstić information content (AvgIpc) is 2.56. The topological polar surface area (TPSA) is 88.0 Å². The molecule has 0 spiro atoms. The molecule has 116 valence electrons. The lowest BCUT2D eigenvalue weighted by molar-refractivity contribution is -0.118. The van der Waals surface area contributed by atoms with Gasteiger partial charge >= 0.3 is 0 Å². The molecule has 0 saturated heterocycles. The minimum Gasteiger partial charge on any atom is -0.329 e. The Morgan fingerprint density at radius 2 is 1.95 bits per heavy atom. The van der Waals surface area contributed by atoms with Crippen LogP contribution < -0.4 is 16.6 Å². The molecule has 1 saturated carbocycles. The molecule has 1 aromatic heterocycles. The summed E-state index contributed by atoms with van der Waals surface area (Å²) in [5, 5.41) is 4.19. The maximum absolute atomic E-state index is 12.4. The molecule has 22 heavy (non-hydrogen) atoms. The number of hydrogen-bond acceptors (Lipinski definition) is 3. The van der Waals surface area contributed by atoms with Crippen molar-refractivity contribution in [2.75, 3.05) is 5.32 Å². The van der Waals surface area contributed by atoms with Crippen LogP contribution in [-0.4, -0.2) is 16.9 Å². The second-order valence-corrected chi connectivity index (χ2v) is 5.99. The van der Waals surface area contributed by atoms with Gasteiger partial charge in [0.05, 0.1) is 6.04 Å². The summed E-state index contributed by atoms with van der Waals surface area (Å²) in [6.45, 7) is 0. The fourth-order valence-corrected chi connectivity index (χ4v) is 3.25. The van der Waals surface area contributed by atoms with E-state index in [4.69, 9.17) is 5.73 Å². The highest BCUT2D eigenvalue weighted by molar-refractivity contribution is 6.03. The third-order valence-electron chi connectivity index (χ3n) is 4.53. The fraction of sp³-hybridized carbons (Fsp3) is 0.412. The predicted octanol–water partition coefficient (Wildman–Crippen LogP) is 2.37. The van der Waals surface area contributed by atoms with Gasteiger partial charge in [0.25, 0.3) is 5.56 Å². The van der Waals surface area contributed by atoms with Gasteiger partial charge in [0.1, 0.15) is 0 Å². The van der Waals surface area contributed by atoms with Crippen LogP contribution in [0.3, 0.4) is 0 Å². The summed E-state index contributed by atoms with van der Waals surface area (Å²) in [5.74, 6) is 0.0896. The van der Waals surface area contributed by atoms with Crippen LogP contribution in [0.5, 0.6) is 0 Å². The zero-order valence-electron chi connectivity index (χ0n) is 12.5. The molecule has 1 amide bonds. The lowest BCUT2D eigenvalue weighted by Crippen LogP contribution is -2.42. The van der Waals surface area contributed by atoms with Crippen molar-refractivity contribution in [2.24, 2.45) is 11.7 Å². The molecule has 1 aliphatic carbocycles. The minimum absolute atomic E-state index is 0.162. The van der Waals surface area contributed by atoms with E-state index in [-0.39, 0.29) is 17.4 Å². The van der Waals surface area contributed by atoms with Gasteiger partial charge in [-0.25, -0.2) is 0 Å². The van der Waals surface area contributed by atoms with E-state index < -0.39 is 6.04 Å². The molecule has 0 radical (unpaired) electrons. The SMILES string of the molecule is N[C@H](C(=O)Nc1cccc2c(=O)[nH]ccc12)C1CCCCC1. The number of H-pyrrole nitrogens is 1. The molecular formula is C17H21N3O2. The van der Waals surface area contributed by atoms with E-state index in [0.717, 1.165) is 31.1 Å². The standard InChI is InChI=1S/C17H21N3O2/c18-15(11-5-2-1-3-6-11)17(22)20-14-8-4-7-13-12(14)9-10-19-16(13)21/h4,7-11,15H,1-3,5-6,18H2,(H,19,21)(H,20,22)/t15-/m0/s1. The van der Waals surface area contributed by atoms with Gasteiger partial charge < -0.3 is 16.0 Å². The highest BCUT2D eigenvalue weighted by Crippen LogP contribution is 2.27. The second kappa shape index (κ2) is 6.32. The number of rotatable bonds is 3. The quantitative estimate of drug-likeness (QED) is 0.813. The van der Waals surface area contributed by atoms with Gasteiger partial charge in [0.2, 0.25) is 5.91 Å². The maximum Gasteiger partial charge on any atom is 0.255 e. The first-order chi connectivity index (χ1) is 10.7. The van der Waals surface area contributed by atoms with Gasteiger partial charge in [-0.3, -0.25) is 9.59 Å². The maximum atomic E-state index is 12.4. The molecule has 5 heteroatoms. The number of benzene rings is 1. The Hall–Kier alpha value is -2.14. The summed E-state index contributed by atoms with van der Waals surface area (Å²) < 4.78 is 0. The highest BCUT2D eigenvalue weighted by atomic mass is 16.2. The lowest BCUT2D eigenvalue weighted by atomic mass is 9.84. The second-order valence-electron chi connectivity index (χ2n) is 5.99.